The molecule has 2 saturated heterocycles. The van der Waals surface area contributed by atoms with Crippen molar-refractivity contribution in [2.75, 3.05) is 19.8 Å². The minimum absolute atomic E-state index is 0.0000548. The van der Waals surface area contributed by atoms with E-state index in [1.807, 2.05) is 0 Å². The van der Waals surface area contributed by atoms with Gasteiger partial charge in [0.1, 0.15) is 18.0 Å². The number of nitrogens with zero attached hydrogens (tertiary/aromatic N) is 1. The number of likely N-dealkylation sites (tertiary alicyclic amines) is 1. The van der Waals surface area contributed by atoms with Gasteiger partial charge in [0.05, 0.1) is 18.2 Å². The number of halogens is 1. The van der Waals surface area contributed by atoms with E-state index < -0.39 is 5.82 Å². The van der Waals surface area contributed by atoms with Crippen molar-refractivity contribution in [3.8, 4) is 0 Å². The zero-order valence-corrected chi connectivity index (χ0v) is 13.1. The molecule has 4 rings (SSSR count). The van der Waals surface area contributed by atoms with Crippen molar-refractivity contribution >= 4 is 5.91 Å². The third-order valence-corrected chi connectivity index (χ3v) is 5.09. The fourth-order valence-corrected chi connectivity index (χ4v) is 3.62. The number of carbonyl (C=O) groups excluding carboxylic acids is 1. The van der Waals surface area contributed by atoms with Crippen LogP contribution in [0.25, 0.3) is 0 Å². The van der Waals surface area contributed by atoms with Crippen molar-refractivity contribution in [1.29, 1.82) is 0 Å². The lowest BCUT2D eigenvalue weighted by Gasteiger charge is -2.32. The molecule has 0 N–H and O–H groups in total. The monoisotopic (exact) mass is 319 g/mol. The molecule has 3 atom stereocenters. The minimum atomic E-state index is -0.465. The lowest BCUT2D eigenvalue weighted by atomic mass is 10.0. The molecule has 0 unspecified atom stereocenters. The van der Waals surface area contributed by atoms with E-state index in [1.165, 1.54) is 18.9 Å². The molecule has 1 aromatic rings. The van der Waals surface area contributed by atoms with Crippen LogP contribution in [0, 0.1) is 11.7 Å². The van der Waals surface area contributed by atoms with Gasteiger partial charge < -0.3 is 14.4 Å². The normalized spacial score (nSPS) is 30.3. The standard InChI is InChI=1S/C18H22FNO3/c19-14-5-2-1-4-13(14)18(21)20-10-16(23-11-12-7-8-12)17-15(20)6-3-9-22-17/h1-2,4-5,12,15-17H,3,6-11H2/t15-,16+,17+/m1/s1. The van der Waals surface area contributed by atoms with Gasteiger partial charge in [-0.3, -0.25) is 4.79 Å². The molecule has 124 valence electrons. The van der Waals surface area contributed by atoms with Crippen LogP contribution < -0.4 is 0 Å². The molecule has 1 aliphatic carbocycles. The van der Waals surface area contributed by atoms with Crippen LogP contribution in [0.15, 0.2) is 24.3 Å². The van der Waals surface area contributed by atoms with Crippen LogP contribution in [0.4, 0.5) is 4.39 Å². The van der Waals surface area contributed by atoms with Gasteiger partial charge in [-0.2, -0.15) is 0 Å². The summed E-state index contributed by atoms with van der Waals surface area (Å²) in [6, 6.07) is 6.18. The number of hydrogen-bond donors (Lipinski definition) is 0. The van der Waals surface area contributed by atoms with E-state index in [1.54, 1.807) is 23.1 Å². The zero-order valence-electron chi connectivity index (χ0n) is 13.1. The van der Waals surface area contributed by atoms with Gasteiger partial charge in [0, 0.05) is 13.2 Å². The fraction of sp³-hybridized carbons (Fsp3) is 0.611. The lowest BCUT2D eigenvalue weighted by molar-refractivity contribution is -0.0781. The fourth-order valence-electron chi connectivity index (χ4n) is 3.62. The molecule has 3 fully saturated rings. The molecule has 0 bridgehead atoms. The second-order valence-corrected chi connectivity index (χ2v) is 6.80. The molecule has 1 saturated carbocycles. The summed E-state index contributed by atoms with van der Waals surface area (Å²) < 4.78 is 25.9. The number of amides is 1. The molecule has 0 aromatic heterocycles. The van der Waals surface area contributed by atoms with Crippen LogP contribution >= 0.6 is 0 Å². The number of rotatable bonds is 4. The van der Waals surface area contributed by atoms with E-state index in [4.69, 9.17) is 9.47 Å². The van der Waals surface area contributed by atoms with E-state index >= 15 is 0 Å². The Morgan fingerprint density at radius 3 is 2.91 bits per heavy atom. The van der Waals surface area contributed by atoms with E-state index in [0.29, 0.717) is 19.1 Å². The van der Waals surface area contributed by atoms with Gasteiger partial charge in [-0.15, -0.1) is 0 Å². The molecule has 2 aliphatic heterocycles. The highest BCUT2D eigenvalue weighted by Crippen LogP contribution is 2.34. The summed E-state index contributed by atoms with van der Waals surface area (Å²) >= 11 is 0. The van der Waals surface area contributed by atoms with Gasteiger partial charge in [0.25, 0.3) is 5.91 Å². The van der Waals surface area contributed by atoms with E-state index in [2.05, 4.69) is 0 Å². The topological polar surface area (TPSA) is 38.8 Å². The van der Waals surface area contributed by atoms with Crippen molar-refractivity contribution in [3.05, 3.63) is 35.6 Å². The smallest absolute Gasteiger partial charge is 0.257 e. The summed E-state index contributed by atoms with van der Waals surface area (Å²) in [5, 5.41) is 0. The first kappa shape index (κ1) is 15.1. The molecule has 4 nitrogen and oxygen atoms in total. The number of fused-ring (bicyclic) bond motifs is 1. The Bertz CT molecular complexity index is 589. The Morgan fingerprint density at radius 1 is 1.30 bits per heavy atom. The summed E-state index contributed by atoms with van der Waals surface area (Å²) in [6.07, 6.45) is 4.14. The Balaban J connectivity index is 1.52. The molecular formula is C18H22FNO3. The van der Waals surface area contributed by atoms with Gasteiger partial charge >= 0.3 is 0 Å². The first-order chi connectivity index (χ1) is 11.2. The van der Waals surface area contributed by atoms with E-state index in [0.717, 1.165) is 19.4 Å². The number of benzene rings is 1. The van der Waals surface area contributed by atoms with Crippen LogP contribution in [0.3, 0.4) is 0 Å². The molecule has 1 amide bonds. The van der Waals surface area contributed by atoms with Gasteiger partial charge in [-0.1, -0.05) is 12.1 Å². The second kappa shape index (κ2) is 6.21. The number of carbonyl (C=O) groups is 1. The van der Waals surface area contributed by atoms with Gasteiger partial charge in [0.15, 0.2) is 0 Å². The third-order valence-electron chi connectivity index (χ3n) is 5.09. The van der Waals surface area contributed by atoms with Crippen LogP contribution in [0.5, 0.6) is 0 Å². The number of ether oxygens (including phenoxy) is 2. The molecule has 3 aliphatic rings. The average molecular weight is 319 g/mol. The predicted octanol–water partition coefficient (Wildman–Crippen LogP) is 2.62. The maximum absolute atomic E-state index is 14.0. The van der Waals surface area contributed by atoms with Crippen molar-refractivity contribution in [3.63, 3.8) is 0 Å². The van der Waals surface area contributed by atoms with E-state index in [-0.39, 0.29) is 29.7 Å². The van der Waals surface area contributed by atoms with Crippen molar-refractivity contribution < 1.29 is 18.7 Å². The molecule has 2 heterocycles. The van der Waals surface area contributed by atoms with Crippen LogP contribution in [0.2, 0.25) is 0 Å². The summed E-state index contributed by atoms with van der Waals surface area (Å²) in [4.78, 5) is 14.6. The Labute approximate surface area is 135 Å². The van der Waals surface area contributed by atoms with E-state index in [9.17, 15) is 9.18 Å². The van der Waals surface area contributed by atoms with Crippen LogP contribution in [-0.4, -0.2) is 48.8 Å². The first-order valence-electron chi connectivity index (χ1n) is 8.53. The predicted molar refractivity (Wildman–Crippen MR) is 82.7 cm³/mol. The largest absolute Gasteiger partial charge is 0.373 e. The second-order valence-electron chi connectivity index (χ2n) is 6.80. The lowest BCUT2D eigenvalue weighted by Crippen LogP contribution is -2.44. The highest BCUT2D eigenvalue weighted by molar-refractivity contribution is 5.95. The SMILES string of the molecule is O=C(c1ccccc1F)N1C[C@H](OCC2CC2)[C@H]2OCCC[C@H]21. The molecule has 5 heteroatoms. The molecule has 0 spiro atoms. The van der Waals surface area contributed by atoms with Crippen molar-refractivity contribution in [1.82, 2.24) is 4.90 Å². The van der Waals surface area contributed by atoms with Crippen molar-refractivity contribution in [2.24, 2.45) is 5.92 Å². The molecular weight excluding hydrogens is 297 g/mol. The maximum atomic E-state index is 14.0. The molecule has 23 heavy (non-hydrogen) atoms. The number of hydrogen-bond acceptors (Lipinski definition) is 3. The molecule has 0 radical (unpaired) electrons. The van der Waals surface area contributed by atoms with Gasteiger partial charge in [0.2, 0.25) is 0 Å². The maximum Gasteiger partial charge on any atom is 0.257 e. The minimum Gasteiger partial charge on any atom is -0.373 e. The highest BCUT2D eigenvalue weighted by atomic mass is 19.1. The zero-order chi connectivity index (χ0) is 15.8. The summed E-state index contributed by atoms with van der Waals surface area (Å²) in [5.74, 6) is -0.0393. The average Bonchev–Trinajstić information content (AvgIpc) is 3.33. The Hall–Kier alpha value is -1.46. The Kier molecular flexibility index (Phi) is 4.07. The first-order valence-corrected chi connectivity index (χ1v) is 8.53. The highest BCUT2D eigenvalue weighted by Gasteiger charge is 2.47. The quantitative estimate of drug-likeness (QED) is 0.856. The molecule has 1 aromatic carbocycles. The Morgan fingerprint density at radius 2 is 2.13 bits per heavy atom. The third kappa shape index (κ3) is 3.00. The van der Waals surface area contributed by atoms with Crippen LogP contribution in [-0.2, 0) is 9.47 Å². The van der Waals surface area contributed by atoms with Crippen molar-refractivity contribution in [2.45, 2.75) is 43.9 Å². The van der Waals surface area contributed by atoms with Crippen LogP contribution in [0.1, 0.15) is 36.0 Å². The summed E-state index contributed by atoms with van der Waals surface area (Å²) in [7, 11) is 0. The summed E-state index contributed by atoms with van der Waals surface area (Å²) in [6.45, 7) is 1.96. The van der Waals surface area contributed by atoms with Gasteiger partial charge in [-0.25, -0.2) is 4.39 Å². The van der Waals surface area contributed by atoms with Gasteiger partial charge in [-0.05, 0) is 43.7 Å². The summed E-state index contributed by atoms with van der Waals surface area (Å²) in [5.41, 5.74) is 0.139.